The van der Waals surface area contributed by atoms with Gasteiger partial charge in [0.15, 0.2) is 9.84 Å². The molecule has 0 radical (unpaired) electrons. The van der Waals surface area contributed by atoms with Crippen LogP contribution in [0.5, 0.6) is 0 Å². The third-order valence-corrected chi connectivity index (χ3v) is 7.10. The zero-order valence-electron chi connectivity index (χ0n) is 11.3. The van der Waals surface area contributed by atoms with Crippen LogP contribution in [0, 0.1) is 0 Å². The molecule has 1 aliphatic rings. The Morgan fingerprint density at radius 2 is 2.05 bits per heavy atom. The van der Waals surface area contributed by atoms with E-state index in [9.17, 15) is 21.6 Å². The number of sulfonamides is 1. The smallest absolute Gasteiger partial charge is 0.335 e. The minimum absolute atomic E-state index is 0.122. The van der Waals surface area contributed by atoms with Crippen molar-refractivity contribution in [2.24, 2.45) is 0 Å². The van der Waals surface area contributed by atoms with E-state index in [-0.39, 0.29) is 28.5 Å². The Labute approximate surface area is 123 Å². The van der Waals surface area contributed by atoms with Crippen LogP contribution >= 0.6 is 0 Å². The highest BCUT2D eigenvalue weighted by Gasteiger charge is 2.36. The van der Waals surface area contributed by atoms with E-state index >= 15 is 0 Å². The second-order valence-corrected chi connectivity index (χ2v) is 9.03. The van der Waals surface area contributed by atoms with Gasteiger partial charge in [-0.25, -0.2) is 21.6 Å². The Morgan fingerprint density at radius 1 is 1.38 bits per heavy atom. The maximum atomic E-state index is 12.5. The van der Waals surface area contributed by atoms with E-state index in [0.29, 0.717) is 0 Å². The highest BCUT2D eigenvalue weighted by atomic mass is 32.2. The van der Waals surface area contributed by atoms with E-state index in [1.165, 1.54) is 25.1 Å². The number of benzene rings is 1. The van der Waals surface area contributed by atoms with Gasteiger partial charge in [-0.2, -0.15) is 4.31 Å². The standard InChI is InChI=1S/C12H15NO6S2/c1-9-8-20(16,17)6-5-13(9)21(18,19)11-4-2-3-10(7-11)12(14)15/h2-4,7,9H,5-6,8H2,1H3,(H,14,15). The average molecular weight is 333 g/mol. The summed E-state index contributed by atoms with van der Waals surface area (Å²) in [6, 6.07) is 4.35. The summed E-state index contributed by atoms with van der Waals surface area (Å²) in [7, 11) is -7.14. The minimum atomic E-state index is -3.91. The van der Waals surface area contributed by atoms with Crippen molar-refractivity contribution in [3.05, 3.63) is 29.8 Å². The number of hydrogen-bond donors (Lipinski definition) is 1. The molecule has 0 amide bonds. The van der Waals surface area contributed by atoms with E-state index < -0.39 is 31.9 Å². The zero-order valence-corrected chi connectivity index (χ0v) is 12.9. The average Bonchev–Trinajstić information content (AvgIpc) is 2.37. The van der Waals surface area contributed by atoms with Crippen molar-refractivity contribution < 1.29 is 26.7 Å². The second-order valence-electron chi connectivity index (χ2n) is 4.91. The molecule has 1 unspecified atom stereocenters. The highest BCUT2D eigenvalue weighted by molar-refractivity contribution is 7.92. The van der Waals surface area contributed by atoms with E-state index in [1.807, 2.05) is 0 Å². The summed E-state index contributed by atoms with van der Waals surface area (Å²) in [6.07, 6.45) is 0. The van der Waals surface area contributed by atoms with Gasteiger partial charge in [-0.3, -0.25) is 0 Å². The molecule has 1 heterocycles. The first-order valence-electron chi connectivity index (χ1n) is 6.19. The molecular weight excluding hydrogens is 318 g/mol. The number of rotatable bonds is 3. The number of sulfone groups is 1. The quantitative estimate of drug-likeness (QED) is 0.846. The van der Waals surface area contributed by atoms with Crippen molar-refractivity contribution >= 4 is 25.8 Å². The molecule has 0 bridgehead atoms. The fraction of sp³-hybridized carbons (Fsp3) is 0.417. The zero-order chi connectivity index (χ0) is 15.8. The molecule has 1 aromatic carbocycles. The third-order valence-electron chi connectivity index (χ3n) is 3.30. The van der Waals surface area contributed by atoms with Gasteiger partial charge in [0, 0.05) is 12.6 Å². The van der Waals surface area contributed by atoms with Crippen molar-refractivity contribution in [3.8, 4) is 0 Å². The molecule has 1 atom stereocenters. The summed E-state index contributed by atoms with van der Waals surface area (Å²) in [5.41, 5.74) is -0.131. The fourth-order valence-corrected chi connectivity index (χ4v) is 5.71. The Morgan fingerprint density at radius 3 is 2.62 bits per heavy atom. The predicted octanol–water partition coefficient (Wildman–Crippen LogP) is 0.192. The maximum absolute atomic E-state index is 12.5. The van der Waals surface area contributed by atoms with Crippen LogP contribution in [0.3, 0.4) is 0 Å². The SMILES string of the molecule is CC1CS(=O)(=O)CCN1S(=O)(=O)c1cccc(C(=O)O)c1. The van der Waals surface area contributed by atoms with Crippen LogP contribution in [-0.4, -0.2) is 56.3 Å². The molecule has 9 heteroatoms. The van der Waals surface area contributed by atoms with Gasteiger partial charge in [-0.05, 0) is 25.1 Å². The van der Waals surface area contributed by atoms with Crippen molar-refractivity contribution in [1.82, 2.24) is 4.31 Å². The van der Waals surface area contributed by atoms with E-state index in [2.05, 4.69) is 0 Å². The first-order valence-corrected chi connectivity index (χ1v) is 9.45. The lowest BCUT2D eigenvalue weighted by Gasteiger charge is -2.32. The molecule has 0 aliphatic carbocycles. The molecule has 0 aromatic heterocycles. The van der Waals surface area contributed by atoms with E-state index in [4.69, 9.17) is 5.11 Å². The van der Waals surface area contributed by atoms with Crippen molar-refractivity contribution in [2.45, 2.75) is 17.9 Å². The third kappa shape index (κ3) is 3.25. The topological polar surface area (TPSA) is 109 Å². The first-order chi connectivity index (χ1) is 9.63. The monoisotopic (exact) mass is 333 g/mol. The Hall–Kier alpha value is -1.45. The molecule has 1 fully saturated rings. The molecule has 2 rings (SSSR count). The normalized spacial score (nSPS) is 22.8. The molecule has 1 aliphatic heterocycles. The van der Waals surface area contributed by atoms with E-state index in [0.717, 1.165) is 10.4 Å². The Balaban J connectivity index is 2.39. The maximum Gasteiger partial charge on any atom is 0.335 e. The van der Waals surface area contributed by atoms with Crippen LogP contribution < -0.4 is 0 Å². The van der Waals surface area contributed by atoms with E-state index in [1.54, 1.807) is 0 Å². The van der Waals surface area contributed by atoms with Crippen molar-refractivity contribution in [2.75, 3.05) is 18.1 Å². The highest BCUT2D eigenvalue weighted by Crippen LogP contribution is 2.23. The molecular formula is C12H15NO6S2. The molecule has 116 valence electrons. The number of carbonyl (C=O) groups is 1. The summed E-state index contributed by atoms with van der Waals surface area (Å²) in [5.74, 6) is -1.68. The second kappa shape index (κ2) is 5.39. The number of carboxylic acid groups (broad SMARTS) is 1. The lowest BCUT2D eigenvalue weighted by atomic mass is 10.2. The minimum Gasteiger partial charge on any atom is -0.478 e. The number of hydrogen-bond acceptors (Lipinski definition) is 5. The van der Waals surface area contributed by atoms with Gasteiger partial charge >= 0.3 is 5.97 Å². The van der Waals surface area contributed by atoms with Crippen LogP contribution in [0.2, 0.25) is 0 Å². The lowest BCUT2D eigenvalue weighted by Crippen LogP contribution is -2.49. The summed E-state index contributed by atoms with van der Waals surface area (Å²) in [4.78, 5) is 10.8. The predicted molar refractivity (Wildman–Crippen MR) is 75.4 cm³/mol. The fourth-order valence-electron chi connectivity index (χ4n) is 2.27. The molecule has 21 heavy (non-hydrogen) atoms. The van der Waals surface area contributed by atoms with Gasteiger partial charge in [-0.15, -0.1) is 0 Å². The molecule has 0 spiro atoms. The Kier molecular flexibility index (Phi) is 4.09. The number of nitrogens with zero attached hydrogens (tertiary/aromatic N) is 1. The van der Waals surface area contributed by atoms with Gasteiger partial charge < -0.3 is 5.11 Å². The van der Waals surface area contributed by atoms with Gasteiger partial charge in [0.2, 0.25) is 10.0 Å². The van der Waals surface area contributed by atoms with Crippen molar-refractivity contribution in [1.29, 1.82) is 0 Å². The first kappa shape index (κ1) is 15.9. The van der Waals surface area contributed by atoms with Gasteiger partial charge in [0.25, 0.3) is 0 Å². The number of carboxylic acids is 1. The van der Waals surface area contributed by atoms with Crippen LogP contribution in [0.4, 0.5) is 0 Å². The Bertz CT molecular complexity index is 769. The van der Waals surface area contributed by atoms with Crippen molar-refractivity contribution in [3.63, 3.8) is 0 Å². The molecule has 1 N–H and O–H groups in total. The lowest BCUT2D eigenvalue weighted by molar-refractivity contribution is 0.0696. The van der Waals surface area contributed by atoms with Gasteiger partial charge in [0.1, 0.15) is 0 Å². The molecule has 7 nitrogen and oxygen atoms in total. The molecule has 1 saturated heterocycles. The van der Waals surface area contributed by atoms with Crippen LogP contribution in [0.15, 0.2) is 29.2 Å². The largest absolute Gasteiger partial charge is 0.478 e. The number of aromatic carboxylic acids is 1. The summed E-state index contributed by atoms with van der Waals surface area (Å²) in [5, 5.41) is 8.92. The van der Waals surface area contributed by atoms with Crippen LogP contribution in [-0.2, 0) is 19.9 Å². The summed E-state index contributed by atoms with van der Waals surface area (Å²) < 4.78 is 49.2. The molecule has 0 saturated carbocycles. The molecule has 1 aromatic rings. The van der Waals surface area contributed by atoms with Gasteiger partial charge in [0.05, 0.1) is 22.0 Å². The van der Waals surface area contributed by atoms with Gasteiger partial charge in [-0.1, -0.05) is 6.07 Å². The van der Waals surface area contributed by atoms with Crippen LogP contribution in [0.1, 0.15) is 17.3 Å². The summed E-state index contributed by atoms with van der Waals surface area (Å²) in [6.45, 7) is 1.40. The summed E-state index contributed by atoms with van der Waals surface area (Å²) >= 11 is 0. The van der Waals surface area contributed by atoms with Crippen LogP contribution in [0.25, 0.3) is 0 Å².